The van der Waals surface area contributed by atoms with E-state index < -0.39 is 10.0 Å². The van der Waals surface area contributed by atoms with Gasteiger partial charge in [-0.3, -0.25) is 0 Å². The molecule has 1 saturated heterocycles. The first-order valence-electron chi connectivity index (χ1n) is 6.26. The largest absolute Gasteiger partial charge is 0.378 e. The number of halogens is 1. The molecule has 1 aromatic rings. The molecule has 20 heavy (non-hydrogen) atoms. The van der Waals surface area contributed by atoms with E-state index in [9.17, 15) is 8.42 Å². The maximum atomic E-state index is 12.4. The number of sulfonamides is 1. The molecule has 0 saturated carbocycles. The van der Waals surface area contributed by atoms with Crippen molar-refractivity contribution in [3.8, 4) is 6.07 Å². The molecule has 0 radical (unpaired) electrons. The molecule has 2 rings (SSSR count). The molecule has 2 atom stereocenters. The van der Waals surface area contributed by atoms with Gasteiger partial charge in [0.05, 0.1) is 22.8 Å². The molecule has 1 aliphatic heterocycles. The van der Waals surface area contributed by atoms with Gasteiger partial charge in [-0.15, -0.1) is 0 Å². The van der Waals surface area contributed by atoms with Gasteiger partial charge in [0, 0.05) is 12.6 Å². The number of nitrogens with one attached hydrogen (secondary N) is 1. The summed E-state index contributed by atoms with van der Waals surface area (Å²) in [6, 6.07) is 5.92. The molecule has 1 heterocycles. The fraction of sp³-hybridized carbons (Fsp3) is 0.462. The van der Waals surface area contributed by atoms with Crippen molar-refractivity contribution in [2.45, 2.75) is 36.8 Å². The minimum absolute atomic E-state index is 0.0253. The number of ether oxygens (including phenoxy) is 1. The zero-order chi connectivity index (χ0) is 14.8. The molecule has 0 amide bonds. The highest BCUT2D eigenvalue weighted by atomic mass is 35.5. The molecule has 1 aliphatic rings. The molecule has 1 fully saturated rings. The van der Waals surface area contributed by atoms with Gasteiger partial charge in [0.2, 0.25) is 10.0 Å². The van der Waals surface area contributed by atoms with E-state index in [4.69, 9.17) is 21.6 Å². The lowest BCUT2D eigenvalue weighted by Gasteiger charge is -2.27. The molecule has 108 valence electrons. The van der Waals surface area contributed by atoms with Crippen LogP contribution in [0.1, 0.15) is 25.3 Å². The van der Waals surface area contributed by atoms with Crippen LogP contribution in [0.15, 0.2) is 23.1 Å². The molecule has 7 heteroatoms. The average Bonchev–Trinajstić information content (AvgIpc) is 2.38. The molecule has 2 unspecified atom stereocenters. The second kappa shape index (κ2) is 6.10. The van der Waals surface area contributed by atoms with Crippen molar-refractivity contribution in [1.82, 2.24) is 4.72 Å². The molecule has 1 aromatic carbocycles. The Morgan fingerprint density at radius 2 is 2.25 bits per heavy atom. The Morgan fingerprint density at radius 1 is 1.50 bits per heavy atom. The first-order chi connectivity index (χ1) is 9.42. The second-order valence-corrected chi connectivity index (χ2v) is 6.87. The average molecular weight is 315 g/mol. The lowest BCUT2D eigenvalue weighted by molar-refractivity contribution is 0.0173. The summed E-state index contributed by atoms with van der Waals surface area (Å²) >= 11 is 5.93. The van der Waals surface area contributed by atoms with Gasteiger partial charge in [-0.2, -0.15) is 5.26 Å². The van der Waals surface area contributed by atoms with Crippen LogP contribution < -0.4 is 4.72 Å². The Labute approximate surface area is 123 Å². The van der Waals surface area contributed by atoms with E-state index in [1.54, 1.807) is 0 Å². The Hall–Kier alpha value is -1.13. The van der Waals surface area contributed by atoms with Gasteiger partial charge in [0.25, 0.3) is 0 Å². The SMILES string of the molecule is CC1CC(NS(=O)(=O)c2cc(C#N)ccc2Cl)CCO1. The van der Waals surface area contributed by atoms with Crippen molar-refractivity contribution < 1.29 is 13.2 Å². The summed E-state index contributed by atoms with van der Waals surface area (Å²) in [5.41, 5.74) is 0.259. The number of hydrogen-bond acceptors (Lipinski definition) is 4. The number of nitrogens with zero attached hydrogens (tertiary/aromatic N) is 1. The maximum Gasteiger partial charge on any atom is 0.242 e. The highest BCUT2D eigenvalue weighted by Crippen LogP contribution is 2.24. The molecule has 0 aromatic heterocycles. The highest BCUT2D eigenvalue weighted by molar-refractivity contribution is 7.89. The number of benzene rings is 1. The number of hydrogen-bond donors (Lipinski definition) is 1. The number of nitriles is 1. The molecular formula is C13H15ClN2O3S. The molecule has 1 N–H and O–H groups in total. The third-order valence-electron chi connectivity index (χ3n) is 3.16. The van der Waals surface area contributed by atoms with E-state index in [0.29, 0.717) is 19.4 Å². The van der Waals surface area contributed by atoms with E-state index in [1.807, 2.05) is 13.0 Å². The Morgan fingerprint density at radius 3 is 2.90 bits per heavy atom. The second-order valence-electron chi connectivity index (χ2n) is 4.78. The van der Waals surface area contributed by atoms with Crippen molar-refractivity contribution in [2.75, 3.05) is 6.61 Å². The Bertz CT molecular complexity index is 640. The zero-order valence-corrected chi connectivity index (χ0v) is 12.5. The minimum atomic E-state index is -3.74. The van der Waals surface area contributed by atoms with Crippen LogP contribution in [0.3, 0.4) is 0 Å². The first-order valence-corrected chi connectivity index (χ1v) is 8.12. The topological polar surface area (TPSA) is 79.2 Å². The van der Waals surface area contributed by atoms with E-state index in [0.717, 1.165) is 0 Å². The predicted molar refractivity (Wildman–Crippen MR) is 74.9 cm³/mol. The normalized spacial score (nSPS) is 23.2. The van der Waals surface area contributed by atoms with Gasteiger partial charge in [-0.05, 0) is 38.0 Å². The van der Waals surface area contributed by atoms with Gasteiger partial charge in [-0.1, -0.05) is 11.6 Å². The third kappa shape index (κ3) is 3.49. The van der Waals surface area contributed by atoms with Gasteiger partial charge in [-0.25, -0.2) is 13.1 Å². The van der Waals surface area contributed by atoms with E-state index in [2.05, 4.69) is 4.72 Å². The van der Waals surface area contributed by atoms with Crippen LogP contribution in [0, 0.1) is 11.3 Å². The maximum absolute atomic E-state index is 12.4. The quantitative estimate of drug-likeness (QED) is 0.926. The third-order valence-corrected chi connectivity index (χ3v) is 5.16. The van der Waals surface area contributed by atoms with Gasteiger partial charge in [0.15, 0.2) is 0 Å². The van der Waals surface area contributed by atoms with Crippen LogP contribution in [-0.4, -0.2) is 27.2 Å². The van der Waals surface area contributed by atoms with Crippen molar-refractivity contribution >= 4 is 21.6 Å². The lowest BCUT2D eigenvalue weighted by Crippen LogP contribution is -2.41. The van der Waals surface area contributed by atoms with Crippen molar-refractivity contribution in [1.29, 1.82) is 5.26 Å². The number of rotatable bonds is 3. The minimum Gasteiger partial charge on any atom is -0.378 e. The van der Waals surface area contributed by atoms with Crippen LogP contribution in [0.5, 0.6) is 0 Å². The van der Waals surface area contributed by atoms with Gasteiger partial charge < -0.3 is 4.74 Å². The van der Waals surface area contributed by atoms with Gasteiger partial charge in [0.1, 0.15) is 4.90 Å². The van der Waals surface area contributed by atoms with Crippen LogP contribution in [0.25, 0.3) is 0 Å². The summed E-state index contributed by atoms with van der Waals surface area (Å²) < 4.78 is 32.7. The van der Waals surface area contributed by atoms with E-state index in [1.165, 1.54) is 18.2 Å². The smallest absolute Gasteiger partial charge is 0.242 e. The summed E-state index contributed by atoms with van der Waals surface area (Å²) in [5.74, 6) is 0. The highest BCUT2D eigenvalue weighted by Gasteiger charge is 2.26. The molecular weight excluding hydrogens is 300 g/mol. The van der Waals surface area contributed by atoms with Crippen LogP contribution >= 0.6 is 11.6 Å². The van der Waals surface area contributed by atoms with E-state index in [-0.39, 0.29) is 27.6 Å². The van der Waals surface area contributed by atoms with Crippen molar-refractivity contribution in [3.05, 3.63) is 28.8 Å². The fourth-order valence-electron chi connectivity index (χ4n) is 2.17. The monoisotopic (exact) mass is 314 g/mol. The van der Waals surface area contributed by atoms with Crippen LogP contribution in [-0.2, 0) is 14.8 Å². The summed E-state index contributed by atoms with van der Waals surface area (Å²) in [5, 5.41) is 8.96. The molecule has 0 bridgehead atoms. The summed E-state index contributed by atoms with van der Waals surface area (Å²) in [7, 11) is -3.74. The van der Waals surface area contributed by atoms with E-state index >= 15 is 0 Å². The fourth-order valence-corrected chi connectivity index (χ4v) is 3.98. The van der Waals surface area contributed by atoms with Crippen molar-refractivity contribution in [3.63, 3.8) is 0 Å². The summed E-state index contributed by atoms with van der Waals surface area (Å²) in [4.78, 5) is -0.0580. The van der Waals surface area contributed by atoms with Crippen LogP contribution in [0.2, 0.25) is 5.02 Å². The van der Waals surface area contributed by atoms with Crippen molar-refractivity contribution in [2.24, 2.45) is 0 Å². The molecule has 0 aliphatic carbocycles. The zero-order valence-electron chi connectivity index (χ0n) is 11.0. The Balaban J connectivity index is 2.24. The van der Waals surface area contributed by atoms with Crippen LogP contribution in [0.4, 0.5) is 0 Å². The van der Waals surface area contributed by atoms with Gasteiger partial charge >= 0.3 is 0 Å². The molecule has 0 spiro atoms. The standard InChI is InChI=1S/C13H15ClN2O3S/c1-9-6-11(4-5-19-9)16-20(17,18)13-7-10(8-15)2-3-12(13)14/h2-3,7,9,11,16H,4-6H2,1H3. The molecule has 5 nitrogen and oxygen atoms in total. The first kappa shape index (κ1) is 15.3. The summed E-state index contributed by atoms with van der Waals surface area (Å²) in [6.45, 7) is 2.43. The lowest BCUT2D eigenvalue weighted by atomic mass is 10.1. The summed E-state index contributed by atoms with van der Waals surface area (Å²) in [6.07, 6.45) is 1.27. The predicted octanol–water partition coefficient (Wildman–Crippen LogP) is 2.06. The Kier molecular flexibility index (Phi) is 4.66.